The zero-order chi connectivity index (χ0) is 19.4. The van der Waals surface area contributed by atoms with Crippen molar-refractivity contribution >= 4 is 0 Å². The Morgan fingerprint density at radius 1 is 0.630 bits per heavy atom. The second-order valence-corrected chi connectivity index (χ2v) is 7.45. The summed E-state index contributed by atoms with van der Waals surface area (Å²) in [7, 11) is 0. The largest absolute Gasteiger partial charge is 2.00 e. The van der Waals surface area contributed by atoms with E-state index in [1.165, 1.54) is 64.2 Å². The molecule has 1 heteroatoms. The van der Waals surface area contributed by atoms with E-state index in [0.717, 1.165) is 0 Å². The summed E-state index contributed by atoms with van der Waals surface area (Å²) in [5, 5.41) is 0. The Morgan fingerprint density at radius 2 is 1.00 bits per heavy atom. The topological polar surface area (TPSA) is 0 Å². The van der Waals surface area contributed by atoms with Crippen LogP contribution in [0.4, 0.5) is 0 Å². The van der Waals surface area contributed by atoms with Crippen LogP contribution in [0.2, 0.25) is 0 Å². The first kappa shape index (κ1) is 26.6. The maximum absolute atomic E-state index is 2.40. The van der Waals surface area contributed by atoms with Crippen LogP contribution in [0.25, 0.3) is 0 Å². The molecule has 2 aromatic rings. The molecule has 150 valence electrons. The molecule has 0 bridgehead atoms. The predicted molar refractivity (Wildman–Crippen MR) is 119 cm³/mol. The molecule has 0 spiro atoms. The van der Waals surface area contributed by atoms with Crippen molar-refractivity contribution in [3.05, 3.63) is 57.6 Å². The van der Waals surface area contributed by atoms with Crippen LogP contribution in [0.5, 0.6) is 0 Å². The smallest absolute Gasteiger partial charge is 0.207 e. The summed E-state index contributed by atoms with van der Waals surface area (Å²) in [4.78, 5) is 0. The van der Waals surface area contributed by atoms with E-state index < -0.39 is 0 Å². The number of hydrogen-bond acceptors (Lipinski definition) is 0. The maximum atomic E-state index is 2.40. The molecular formula is C26H42Zr. The summed E-state index contributed by atoms with van der Waals surface area (Å²) in [6, 6.07) is 9.59. The summed E-state index contributed by atoms with van der Waals surface area (Å²) >= 11 is 0. The molecule has 0 fully saturated rings. The molecule has 0 amide bonds. The van der Waals surface area contributed by atoms with E-state index >= 15 is 0 Å². The van der Waals surface area contributed by atoms with E-state index in [1.807, 2.05) is 0 Å². The molecule has 0 heterocycles. The van der Waals surface area contributed by atoms with Gasteiger partial charge in [-0.3, -0.25) is 0 Å². The minimum absolute atomic E-state index is 0. The molecule has 0 unspecified atom stereocenters. The van der Waals surface area contributed by atoms with Gasteiger partial charge < -0.3 is 0 Å². The first-order valence-electron chi connectivity index (χ1n) is 11.2. The van der Waals surface area contributed by atoms with E-state index in [2.05, 4.69) is 65.8 Å². The monoisotopic (exact) mass is 444 g/mol. The van der Waals surface area contributed by atoms with Crippen molar-refractivity contribution in [2.45, 2.75) is 106 Å². The number of aryl methyl sites for hydroxylation is 6. The van der Waals surface area contributed by atoms with Crippen LogP contribution in [-0.2, 0) is 64.7 Å². The van der Waals surface area contributed by atoms with Gasteiger partial charge in [0.2, 0.25) is 0 Å². The average Bonchev–Trinajstić information content (AvgIpc) is 3.27. The van der Waals surface area contributed by atoms with Gasteiger partial charge in [-0.2, -0.15) is 45.5 Å². The van der Waals surface area contributed by atoms with Gasteiger partial charge in [-0.05, 0) is 0 Å². The molecule has 27 heavy (non-hydrogen) atoms. The Labute approximate surface area is 189 Å². The first-order chi connectivity index (χ1) is 12.6. The van der Waals surface area contributed by atoms with Gasteiger partial charge in [0.25, 0.3) is 0 Å². The van der Waals surface area contributed by atoms with Crippen LogP contribution in [0.1, 0.15) is 101 Å². The Balaban J connectivity index is 0.000000483. The minimum atomic E-state index is 0. The van der Waals surface area contributed by atoms with Crippen LogP contribution in [0, 0.1) is 0 Å². The maximum Gasteiger partial charge on any atom is 2.00 e. The molecular weight excluding hydrogens is 404 g/mol. The van der Waals surface area contributed by atoms with Gasteiger partial charge in [-0.15, -0.1) is 0 Å². The van der Waals surface area contributed by atoms with Gasteiger partial charge in [-0.25, -0.2) is 12.1 Å². The summed E-state index contributed by atoms with van der Waals surface area (Å²) in [5.74, 6) is 0. The zero-order valence-electron chi connectivity index (χ0n) is 18.9. The molecule has 0 aromatic heterocycles. The van der Waals surface area contributed by atoms with E-state index in [-0.39, 0.29) is 26.2 Å². The van der Waals surface area contributed by atoms with Gasteiger partial charge in [0.1, 0.15) is 0 Å². The summed E-state index contributed by atoms with van der Waals surface area (Å²) < 4.78 is 0. The number of rotatable bonds is 10. The van der Waals surface area contributed by atoms with Gasteiger partial charge in [0, 0.05) is 0 Å². The molecule has 0 nitrogen and oxygen atoms in total. The van der Waals surface area contributed by atoms with E-state index in [9.17, 15) is 0 Å². The van der Waals surface area contributed by atoms with Crippen molar-refractivity contribution in [2.75, 3.05) is 0 Å². The Bertz CT molecular complexity index is 503. The molecule has 0 saturated carbocycles. The molecule has 0 aliphatic heterocycles. The minimum Gasteiger partial charge on any atom is -0.207 e. The molecule has 0 aliphatic rings. The van der Waals surface area contributed by atoms with Crippen molar-refractivity contribution in [1.29, 1.82) is 0 Å². The molecule has 0 radical (unpaired) electrons. The fourth-order valence-electron chi connectivity index (χ4n) is 3.72. The van der Waals surface area contributed by atoms with Gasteiger partial charge in [0.15, 0.2) is 0 Å². The quantitative estimate of drug-likeness (QED) is 0.328. The van der Waals surface area contributed by atoms with Crippen LogP contribution < -0.4 is 0 Å². The fraction of sp³-hybridized carbons (Fsp3) is 0.615. The van der Waals surface area contributed by atoms with Crippen LogP contribution in [-0.4, -0.2) is 0 Å². The van der Waals surface area contributed by atoms with Crippen LogP contribution >= 0.6 is 0 Å². The van der Waals surface area contributed by atoms with Crippen molar-refractivity contribution < 1.29 is 26.2 Å². The van der Waals surface area contributed by atoms with Gasteiger partial charge in [-0.1, -0.05) is 106 Å². The summed E-state index contributed by atoms with van der Waals surface area (Å²) in [6.45, 7) is 13.5. The van der Waals surface area contributed by atoms with E-state index in [1.54, 1.807) is 33.4 Å². The zero-order valence-corrected chi connectivity index (χ0v) is 21.3. The molecule has 2 rings (SSSR count). The SMILES string of the molecule is CCCCc1cc(CC)[c-](CC)c1.CCCCc1cc(CC)[c-](CC)c1.[Zr+2]. The fourth-order valence-corrected chi connectivity index (χ4v) is 3.72. The molecule has 0 aliphatic carbocycles. The van der Waals surface area contributed by atoms with Gasteiger partial charge >= 0.3 is 26.2 Å². The number of hydrogen-bond donors (Lipinski definition) is 0. The Morgan fingerprint density at radius 3 is 1.22 bits per heavy atom. The second-order valence-electron chi connectivity index (χ2n) is 7.45. The van der Waals surface area contributed by atoms with Crippen LogP contribution in [0.3, 0.4) is 0 Å². The average molecular weight is 446 g/mol. The predicted octanol–water partition coefficient (Wildman–Crippen LogP) is 7.74. The Kier molecular flexibility index (Phi) is 15.3. The summed E-state index contributed by atoms with van der Waals surface area (Å²) in [5.41, 5.74) is 9.36. The standard InChI is InChI=1S/2C13H21.Zr/c2*1-4-7-8-11-9-12(5-2)13(6-3)10-11;/h2*9-10H,4-8H2,1-3H3;/q2*-1;+2. The Hall–Kier alpha value is -0.417. The molecule has 0 saturated heterocycles. The van der Waals surface area contributed by atoms with Crippen molar-refractivity contribution in [1.82, 2.24) is 0 Å². The van der Waals surface area contributed by atoms with Gasteiger partial charge in [0.05, 0.1) is 0 Å². The number of unbranched alkanes of at least 4 members (excludes halogenated alkanes) is 2. The second kappa shape index (κ2) is 15.5. The van der Waals surface area contributed by atoms with Crippen molar-refractivity contribution in [3.63, 3.8) is 0 Å². The third-order valence-corrected chi connectivity index (χ3v) is 5.43. The first-order valence-corrected chi connectivity index (χ1v) is 11.2. The van der Waals surface area contributed by atoms with Crippen molar-refractivity contribution in [3.8, 4) is 0 Å². The third kappa shape index (κ3) is 9.08. The van der Waals surface area contributed by atoms with E-state index in [0.29, 0.717) is 0 Å². The summed E-state index contributed by atoms with van der Waals surface area (Å²) in [6.07, 6.45) is 12.6. The van der Waals surface area contributed by atoms with Crippen LogP contribution in [0.15, 0.2) is 24.3 Å². The third-order valence-electron chi connectivity index (χ3n) is 5.43. The molecule has 0 atom stereocenters. The van der Waals surface area contributed by atoms with Crippen molar-refractivity contribution in [2.24, 2.45) is 0 Å². The van der Waals surface area contributed by atoms with E-state index in [4.69, 9.17) is 0 Å². The molecule has 2 aromatic carbocycles. The molecule has 0 N–H and O–H groups in total. The normalized spacial score (nSPS) is 10.3.